The summed E-state index contributed by atoms with van der Waals surface area (Å²) in [5.74, 6) is -0.930. The zero-order valence-electron chi connectivity index (χ0n) is 8.11. The maximum absolute atomic E-state index is 10.5. The molecule has 3 nitrogen and oxygen atoms in total. The van der Waals surface area contributed by atoms with Crippen LogP contribution in [0.5, 0.6) is 0 Å². The Kier molecular flexibility index (Phi) is 4.05. The molecule has 0 fully saturated rings. The van der Waals surface area contributed by atoms with Gasteiger partial charge in [0.05, 0.1) is 11.4 Å². The Labute approximate surface area is 98.3 Å². The minimum absolute atomic E-state index is 0.144. The van der Waals surface area contributed by atoms with Crippen molar-refractivity contribution < 1.29 is 9.90 Å². The Morgan fingerprint density at radius 2 is 2.00 bits per heavy atom. The zero-order valence-corrected chi connectivity index (χ0v) is 9.68. The van der Waals surface area contributed by atoms with Gasteiger partial charge in [0.1, 0.15) is 0 Å². The minimum atomic E-state index is -0.930. The van der Waals surface area contributed by atoms with Gasteiger partial charge < -0.3 is 10.0 Å². The molecule has 0 aliphatic heterocycles. The van der Waals surface area contributed by atoms with Crippen molar-refractivity contribution in [3.63, 3.8) is 0 Å². The lowest BCUT2D eigenvalue weighted by Gasteiger charge is -2.18. The van der Waals surface area contributed by atoms with E-state index in [0.29, 0.717) is 10.0 Å². The molecule has 1 rings (SSSR count). The third kappa shape index (κ3) is 3.49. The average Bonchev–Trinajstić information content (AvgIpc) is 2.17. The third-order valence-corrected chi connectivity index (χ3v) is 2.56. The fourth-order valence-corrected chi connectivity index (χ4v) is 1.41. The van der Waals surface area contributed by atoms with Crippen molar-refractivity contribution in [2.45, 2.75) is 6.42 Å². The van der Waals surface area contributed by atoms with E-state index in [9.17, 15) is 4.79 Å². The summed E-state index contributed by atoms with van der Waals surface area (Å²) < 4.78 is 0. The number of hydrogen-bond acceptors (Lipinski definition) is 2. The Hall–Kier alpha value is -1.13. The van der Waals surface area contributed by atoms with Gasteiger partial charge in [0, 0.05) is 17.8 Å². The summed E-state index contributed by atoms with van der Waals surface area (Å²) in [6.07, 6.45) is -0.144. The molecule has 5 heteroatoms. The summed E-state index contributed by atoms with van der Waals surface area (Å²) in [5, 5.41) is 9.22. The standard InChI is InChI=1S/C10H10ClNO2S/c1-12(9(15)6-10(13)14)8-4-2-7(11)3-5-8/h2-5H,6H2,1H3,(H,13,14). The quantitative estimate of drug-likeness (QED) is 0.829. The van der Waals surface area contributed by atoms with Gasteiger partial charge in [0.25, 0.3) is 0 Å². The van der Waals surface area contributed by atoms with E-state index in [-0.39, 0.29) is 6.42 Å². The summed E-state index contributed by atoms with van der Waals surface area (Å²) in [5.41, 5.74) is 0.825. The number of thiocarbonyl (C=S) groups is 1. The van der Waals surface area contributed by atoms with Crippen molar-refractivity contribution in [1.82, 2.24) is 0 Å². The van der Waals surface area contributed by atoms with Gasteiger partial charge in [0.15, 0.2) is 0 Å². The van der Waals surface area contributed by atoms with E-state index in [1.807, 2.05) is 0 Å². The van der Waals surface area contributed by atoms with Crippen LogP contribution in [0.15, 0.2) is 24.3 Å². The topological polar surface area (TPSA) is 40.5 Å². The Morgan fingerprint density at radius 1 is 1.47 bits per heavy atom. The molecule has 0 aromatic heterocycles. The van der Waals surface area contributed by atoms with Gasteiger partial charge in [-0.05, 0) is 24.3 Å². The van der Waals surface area contributed by atoms with Crippen molar-refractivity contribution in [3.8, 4) is 0 Å². The molecule has 0 atom stereocenters. The lowest BCUT2D eigenvalue weighted by atomic mass is 10.3. The first-order valence-electron chi connectivity index (χ1n) is 4.24. The van der Waals surface area contributed by atoms with Crippen LogP contribution in [-0.4, -0.2) is 23.1 Å². The summed E-state index contributed by atoms with van der Waals surface area (Å²) in [7, 11) is 1.73. The number of carboxylic acids is 1. The number of nitrogens with zero attached hydrogens (tertiary/aromatic N) is 1. The van der Waals surface area contributed by atoms with Gasteiger partial charge in [-0.2, -0.15) is 0 Å². The first-order valence-corrected chi connectivity index (χ1v) is 5.03. The van der Waals surface area contributed by atoms with Gasteiger partial charge in [-0.3, -0.25) is 4.79 Å². The highest BCUT2D eigenvalue weighted by Crippen LogP contribution is 2.17. The molecule has 1 aromatic rings. The second-order valence-corrected chi connectivity index (χ2v) is 3.91. The third-order valence-electron chi connectivity index (χ3n) is 1.89. The smallest absolute Gasteiger partial charge is 0.310 e. The first-order chi connectivity index (χ1) is 7.00. The van der Waals surface area contributed by atoms with Gasteiger partial charge in [-0.25, -0.2) is 0 Å². The van der Waals surface area contributed by atoms with Gasteiger partial charge >= 0.3 is 5.97 Å². The Balaban J connectivity index is 2.76. The summed E-state index contributed by atoms with van der Waals surface area (Å²) in [6.45, 7) is 0. The molecule has 0 heterocycles. The molecule has 1 aromatic carbocycles. The number of rotatable bonds is 3. The molecule has 1 N–H and O–H groups in total. The monoisotopic (exact) mass is 243 g/mol. The Morgan fingerprint density at radius 3 is 2.47 bits per heavy atom. The minimum Gasteiger partial charge on any atom is -0.481 e. The number of hydrogen-bond donors (Lipinski definition) is 1. The van der Waals surface area contributed by atoms with Crippen molar-refractivity contribution in [3.05, 3.63) is 29.3 Å². The molecular weight excluding hydrogens is 234 g/mol. The lowest BCUT2D eigenvalue weighted by molar-refractivity contribution is -0.135. The average molecular weight is 244 g/mol. The van der Waals surface area contributed by atoms with Crippen LogP contribution >= 0.6 is 23.8 Å². The molecule has 0 saturated carbocycles. The molecule has 15 heavy (non-hydrogen) atoms. The van der Waals surface area contributed by atoms with E-state index in [1.165, 1.54) is 0 Å². The van der Waals surface area contributed by atoms with Crippen LogP contribution in [0.2, 0.25) is 5.02 Å². The molecule has 0 spiro atoms. The second-order valence-electron chi connectivity index (χ2n) is 3.00. The summed E-state index contributed by atoms with van der Waals surface area (Å²) in [4.78, 5) is 12.5. The van der Waals surface area contributed by atoms with E-state index in [0.717, 1.165) is 5.69 Å². The molecule has 0 radical (unpaired) electrons. The first kappa shape index (κ1) is 11.9. The summed E-state index contributed by atoms with van der Waals surface area (Å²) >= 11 is 10.7. The van der Waals surface area contributed by atoms with Gasteiger partial charge in [-0.1, -0.05) is 23.8 Å². The number of benzene rings is 1. The van der Waals surface area contributed by atoms with Crippen molar-refractivity contribution in [2.24, 2.45) is 0 Å². The molecule has 0 aliphatic carbocycles. The summed E-state index contributed by atoms with van der Waals surface area (Å²) in [6, 6.07) is 7.04. The van der Waals surface area contributed by atoms with Gasteiger partial charge in [0.2, 0.25) is 0 Å². The zero-order chi connectivity index (χ0) is 11.4. The highest BCUT2D eigenvalue weighted by Gasteiger charge is 2.10. The van der Waals surface area contributed by atoms with Crippen LogP contribution in [0.1, 0.15) is 6.42 Å². The largest absolute Gasteiger partial charge is 0.481 e. The van der Waals surface area contributed by atoms with Crippen molar-refractivity contribution in [2.75, 3.05) is 11.9 Å². The van der Waals surface area contributed by atoms with Crippen molar-refractivity contribution >= 4 is 40.5 Å². The lowest BCUT2D eigenvalue weighted by Crippen LogP contribution is -2.26. The molecular formula is C10H10ClNO2S. The number of carbonyl (C=O) groups is 1. The molecule has 0 amide bonds. The van der Waals surface area contributed by atoms with Crippen LogP contribution in [-0.2, 0) is 4.79 Å². The van der Waals surface area contributed by atoms with Crippen LogP contribution in [0.3, 0.4) is 0 Å². The van der Waals surface area contributed by atoms with Crippen LogP contribution in [0.4, 0.5) is 5.69 Å². The SMILES string of the molecule is CN(C(=S)CC(=O)O)c1ccc(Cl)cc1. The predicted molar refractivity (Wildman–Crippen MR) is 64.7 cm³/mol. The fraction of sp³-hybridized carbons (Fsp3) is 0.200. The molecule has 80 valence electrons. The molecule has 0 aliphatic rings. The van der Waals surface area contributed by atoms with Crippen LogP contribution in [0.25, 0.3) is 0 Å². The fourth-order valence-electron chi connectivity index (χ4n) is 1.06. The highest BCUT2D eigenvalue weighted by molar-refractivity contribution is 7.80. The maximum atomic E-state index is 10.5. The van der Waals surface area contributed by atoms with Gasteiger partial charge in [-0.15, -0.1) is 0 Å². The molecule has 0 unspecified atom stereocenters. The highest BCUT2D eigenvalue weighted by atomic mass is 35.5. The number of halogens is 1. The normalized spacial score (nSPS) is 9.73. The van der Waals surface area contributed by atoms with E-state index in [4.69, 9.17) is 28.9 Å². The Bertz CT molecular complexity index is 378. The maximum Gasteiger partial charge on any atom is 0.310 e. The molecule has 0 bridgehead atoms. The van der Waals surface area contributed by atoms with Crippen molar-refractivity contribution in [1.29, 1.82) is 0 Å². The number of carboxylic acid groups (broad SMARTS) is 1. The van der Waals surface area contributed by atoms with Crippen LogP contribution in [0, 0.1) is 0 Å². The predicted octanol–water partition coefficient (Wildman–Crippen LogP) is 2.58. The second kappa shape index (κ2) is 5.09. The number of anilines is 1. The number of aliphatic carboxylic acids is 1. The van der Waals surface area contributed by atoms with E-state index in [1.54, 1.807) is 36.2 Å². The molecule has 0 saturated heterocycles. The van der Waals surface area contributed by atoms with Crippen LogP contribution < -0.4 is 4.90 Å². The van der Waals surface area contributed by atoms with E-state index < -0.39 is 5.97 Å². The van der Waals surface area contributed by atoms with E-state index in [2.05, 4.69) is 0 Å². The van der Waals surface area contributed by atoms with E-state index >= 15 is 0 Å².